The van der Waals surface area contributed by atoms with Gasteiger partial charge in [-0.25, -0.2) is 8.78 Å². The molecule has 2 aromatic rings. The lowest BCUT2D eigenvalue weighted by atomic mass is 10.0. The van der Waals surface area contributed by atoms with Crippen LogP contribution in [-0.4, -0.2) is 10.1 Å². The maximum atomic E-state index is 13.6. The minimum Gasteiger partial charge on any atom is -0.392 e. The molecule has 0 saturated heterocycles. The van der Waals surface area contributed by atoms with Crippen LogP contribution in [0.4, 0.5) is 22.0 Å². The number of halogens is 5. The molecule has 0 aliphatic heterocycles. The van der Waals surface area contributed by atoms with Gasteiger partial charge in [0.05, 0.1) is 17.9 Å². The molecule has 0 spiro atoms. The molecule has 2 rings (SSSR count). The predicted molar refractivity (Wildman–Crippen MR) is 60.5 cm³/mol. The Morgan fingerprint density at radius 2 is 1.85 bits per heavy atom. The van der Waals surface area contributed by atoms with Crippen molar-refractivity contribution in [3.63, 3.8) is 0 Å². The normalized spacial score (nSPS) is 11.7. The number of rotatable bonds is 2. The van der Waals surface area contributed by atoms with E-state index >= 15 is 0 Å². The Kier molecular flexibility index (Phi) is 3.71. The molecule has 0 fully saturated rings. The fourth-order valence-electron chi connectivity index (χ4n) is 1.72. The molecule has 2 nitrogen and oxygen atoms in total. The van der Waals surface area contributed by atoms with E-state index in [1.165, 1.54) is 12.1 Å². The summed E-state index contributed by atoms with van der Waals surface area (Å²) in [6.45, 7) is -0.776. The van der Waals surface area contributed by atoms with E-state index in [0.717, 1.165) is 6.07 Å². The second-order valence-corrected chi connectivity index (χ2v) is 3.99. The molecule has 0 saturated carbocycles. The van der Waals surface area contributed by atoms with Crippen molar-refractivity contribution < 1.29 is 27.1 Å². The third kappa shape index (κ3) is 2.62. The van der Waals surface area contributed by atoms with Crippen LogP contribution in [0.2, 0.25) is 0 Å². The standard InChI is InChI=1S/C13H8F5NO/c14-10-3-1-2-9(11(10)15)12-7(6-20)4-8(5-19-12)13(16,17)18/h1-5,20H,6H2. The number of aromatic nitrogens is 1. The van der Waals surface area contributed by atoms with Gasteiger partial charge in [0.25, 0.3) is 0 Å². The van der Waals surface area contributed by atoms with E-state index < -0.39 is 30.0 Å². The van der Waals surface area contributed by atoms with E-state index in [1.54, 1.807) is 0 Å². The van der Waals surface area contributed by atoms with Gasteiger partial charge < -0.3 is 5.11 Å². The van der Waals surface area contributed by atoms with Gasteiger partial charge in [0, 0.05) is 17.3 Å². The van der Waals surface area contributed by atoms with Crippen molar-refractivity contribution in [3.05, 3.63) is 53.2 Å². The summed E-state index contributed by atoms with van der Waals surface area (Å²) >= 11 is 0. The molecule has 0 bridgehead atoms. The van der Waals surface area contributed by atoms with Crippen LogP contribution in [0, 0.1) is 11.6 Å². The van der Waals surface area contributed by atoms with Crippen molar-refractivity contribution in [1.29, 1.82) is 0 Å². The molecule has 1 N–H and O–H groups in total. The minimum atomic E-state index is -4.63. The Bertz CT molecular complexity index is 639. The van der Waals surface area contributed by atoms with E-state index in [2.05, 4.69) is 4.98 Å². The molecule has 1 heterocycles. The van der Waals surface area contributed by atoms with Gasteiger partial charge in [0.2, 0.25) is 0 Å². The highest BCUT2D eigenvalue weighted by Gasteiger charge is 2.32. The minimum absolute atomic E-state index is 0.225. The maximum absolute atomic E-state index is 13.6. The van der Waals surface area contributed by atoms with Crippen LogP contribution in [0.1, 0.15) is 11.1 Å². The second-order valence-electron chi connectivity index (χ2n) is 3.99. The van der Waals surface area contributed by atoms with Crippen molar-refractivity contribution in [3.8, 4) is 11.3 Å². The molecule has 0 aliphatic carbocycles. The summed E-state index contributed by atoms with van der Waals surface area (Å²) in [5.41, 5.74) is -1.83. The first-order valence-electron chi connectivity index (χ1n) is 5.46. The van der Waals surface area contributed by atoms with Gasteiger partial charge in [-0.3, -0.25) is 4.98 Å². The monoisotopic (exact) mass is 289 g/mol. The summed E-state index contributed by atoms with van der Waals surface area (Å²) in [6, 6.07) is 3.91. The Labute approximate surface area is 110 Å². The number of alkyl halides is 3. The SMILES string of the molecule is OCc1cc(C(F)(F)F)cnc1-c1cccc(F)c1F. The van der Waals surface area contributed by atoms with Gasteiger partial charge >= 0.3 is 6.18 Å². The molecule has 7 heteroatoms. The van der Waals surface area contributed by atoms with Crippen LogP contribution in [0.3, 0.4) is 0 Å². The first kappa shape index (κ1) is 14.4. The molecule has 1 aromatic heterocycles. The molecule has 0 atom stereocenters. The zero-order chi connectivity index (χ0) is 14.9. The van der Waals surface area contributed by atoms with Gasteiger partial charge in [0.15, 0.2) is 11.6 Å². The van der Waals surface area contributed by atoms with Crippen molar-refractivity contribution in [2.24, 2.45) is 0 Å². The molecular weight excluding hydrogens is 281 g/mol. The third-order valence-electron chi connectivity index (χ3n) is 2.67. The van der Waals surface area contributed by atoms with Crippen molar-refractivity contribution in [2.45, 2.75) is 12.8 Å². The largest absolute Gasteiger partial charge is 0.417 e. The lowest BCUT2D eigenvalue weighted by molar-refractivity contribution is -0.137. The average Bonchev–Trinajstić information content (AvgIpc) is 2.40. The van der Waals surface area contributed by atoms with Gasteiger partial charge in [-0.05, 0) is 18.2 Å². The number of benzene rings is 1. The highest BCUT2D eigenvalue weighted by molar-refractivity contribution is 5.64. The van der Waals surface area contributed by atoms with E-state index in [-0.39, 0.29) is 16.8 Å². The van der Waals surface area contributed by atoms with Crippen molar-refractivity contribution in [1.82, 2.24) is 4.98 Å². The lowest BCUT2D eigenvalue weighted by Crippen LogP contribution is -2.08. The molecular formula is C13H8F5NO. The highest BCUT2D eigenvalue weighted by atomic mass is 19.4. The highest BCUT2D eigenvalue weighted by Crippen LogP contribution is 2.33. The number of nitrogens with zero attached hydrogens (tertiary/aromatic N) is 1. The van der Waals surface area contributed by atoms with Gasteiger partial charge in [-0.2, -0.15) is 13.2 Å². The molecule has 0 aliphatic rings. The fourth-order valence-corrected chi connectivity index (χ4v) is 1.72. The Morgan fingerprint density at radius 1 is 1.15 bits per heavy atom. The van der Waals surface area contributed by atoms with Crippen LogP contribution in [0.15, 0.2) is 30.5 Å². The number of hydrogen-bond donors (Lipinski definition) is 1. The zero-order valence-electron chi connectivity index (χ0n) is 9.88. The molecule has 0 amide bonds. The van der Waals surface area contributed by atoms with Crippen molar-refractivity contribution in [2.75, 3.05) is 0 Å². The lowest BCUT2D eigenvalue weighted by Gasteiger charge is -2.12. The number of pyridine rings is 1. The fraction of sp³-hybridized carbons (Fsp3) is 0.154. The molecule has 20 heavy (non-hydrogen) atoms. The smallest absolute Gasteiger partial charge is 0.392 e. The third-order valence-corrected chi connectivity index (χ3v) is 2.67. The van der Waals surface area contributed by atoms with Crippen LogP contribution in [0.25, 0.3) is 11.3 Å². The Hall–Kier alpha value is -2.02. The van der Waals surface area contributed by atoms with Gasteiger partial charge in [0.1, 0.15) is 0 Å². The summed E-state index contributed by atoms with van der Waals surface area (Å²) < 4.78 is 64.3. The zero-order valence-corrected chi connectivity index (χ0v) is 9.88. The van der Waals surface area contributed by atoms with Gasteiger partial charge in [-0.1, -0.05) is 6.07 Å². The molecule has 0 unspecified atom stereocenters. The quantitative estimate of drug-likeness (QED) is 0.858. The molecule has 106 valence electrons. The summed E-state index contributed by atoms with van der Waals surface area (Å²) in [6.07, 6.45) is -4.12. The first-order chi connectivity index (χ1) is 9.34. The topological polar surface area (TPSA) is 33.1 Å². The Morgan fingerprint density at radius 3 is 2.45 bits per heavy atom. The number of aliphatic hydroxyl groups is 1. The number of hydrogen-bond acceptors (Lipinski definition) is 2. The number of aliphatic hydroxyl groups excluding tert-OH is 1. The average molecular weight is 289 g/mol. The van der Waals surface area contributed by atoms with E-state index in [4.69, 9.17) is 5.11 Å². The van der Waals surface area contributed by atoms with Crippen LogP contribution >= 0.6 is 0 Å². The van der Waals surface area contributed by atoms with E-state index in [9.17, 15) is 22.0 Å². The maximum Gasteiger partial charge on any atom is 0.417 e. The summed E-state index contributed by atoms with van der Waals surface area (Å²) in [5.74, 6) is -2.37. The summed E-state index contributed by atoms with van der Waals surface area (Å²) in [4.78, 5) is 3.50. The molecule has 0 radical (unpaired) electrons. The van der Waals surface area contributed by atoms with E-state index in [1.807, 2.05) is 0 Å². The molecule has 1 aromatic carbocycles. The van der Waals surface area contributed by atoms with Crippen LogP contribution in [0.5, 0.6) is 0 Å². The van der Waals surface area contributed by atoms with Crippen LogP contribution in [-0.2, 0) is 12.8 Å². The Balaban J connectivity index is 2.61. The van der Waals surface area contributed by atoms with Gasteiger partial charge in [-0.15, -0.1) is 0 Å². The van der Waals surface area contributed by atoms with E-state index in [0.29, 0.717) is 12.3 Å². The summed E-state index contributed by atoms with van der Waals surface area (Å²) in [5, 5.41) is 9.11. The second kappa shape index (κ2) is 5.16. The van der Waals surface area contributed by atoms with Crippen molar-refractivity contribution >= 4 is 0 Å². The summed E-state index contributed by atoms with van der Waals surface area (Å²) in [7, 11) is 0. The van der Waals surface area contributed by atoms with Crippen LogP contribution < -0.4 is 0 Å². The predicted octanol–water partition coefficient (Wildman–Crippen LogP) is 3.54. The first-order valence-corrected chi connectivity index (χ1v) is 5.46.